The second kappa shape index (κ2) is 12.6. The Bertz CT molecular complexity index is 657. The smallest absolute Gasteiger partial charge is 0.306 e. The third-order valence-electron chi connectivity index (χ3n) is 7.55. The fraction of sp³-hybridized carbons (Fsp3) is 0.926. The van der Waals surface area contributed by atoms with Gasteiger partial charge in [-0.15, -0.1) is 0 Å². The van der Waals surface area contributed by atoms with Gasteiger partial charge in [0.05, 0.1) is 3.55 Å². The van der Waals surface area contributed by atoms with Crippen LogP contribution in [-0.2, 0) is 19.1 Å². The molecule has 210 valence electrons. The number of halogens is 1. The Morgan fingerprint density at radius 2 is 1.00 bits per heavy atom. The van der Waals surface area contributed by atoms with Crippen LogP contribution in [0.1, 0.15) is 126 Å². The largest absolute Gasteiger partial charge is 0.462 e. The summed E-state index contributed by atoms with van der Waals surface area (Å²) in [6.07, 6.45) is 8.57. The summed E-state index contributed by atoms with van der Waals surface area (Å²) in [5.41, 5.74) is -1.29. The number of hydroxylamine groups is 4. The Kier molecular flexibility index (Phi) is 11.1. The van der Waals surface area contributed by atoms with E-state index in [1.807, 2.05) is 48.5 Å². The second-order valence-corrected chi connectivity index (χ2v) is 15.2. The number of unbranched alkanes of at least 4 members (excludes halogenated alkanes) is 5. The zero-order chi connectivity index (χ0) is 27.4. The second-order valence-electron chi connectivity index (χ2n) is 12.9. The van der Waals surface area contributed by atoms with Crippen molar-refractivity contribution in [2.24, 2.45) is 0 Å². The highest BCUT2D eigenvalue weighted by Crippen LogP contribution is 2.42. The topological polar surface area (TPSA) is 99.5 Å². The van der Waals surface area contributed by atoms with Crippen molar-refractivity contribution in [2.45, 2.75) is 158 Å². The standard InChI is InChI=1S/C27H49IN2O6/c1-24(2)16-20(17-25(3,4)29(24)33)35-22(31)14-12-10-8-9-11-13-15-23(32)36-21-18-26(5,6)30(34)27(7,28)19-21/h20-21,33-34H,8-19H2,1-7H3. The number of ether oxygens (including phenoxy) is 2. The molecule has 2 saturated heterocycles. The van der Waals surface area contributed by atoms with Gasteiger partial charge < -0.3 is 19.9 Å². The summed E-state index contributed by atoms with van der Waals surface area (Å²) in [6.45, 7) is 13.7. The van der Waals surface area contributed by atoms with Crippen LogP contribution in [0.25, 0.3) is 0 Å². The number of rotatable bonds is 11. The molecule has 2 aliphatic rings. The zero-order valence-corrected chi connectivity index (χ0v) is 25.6. The lowest BCUT2D eigenvalue weighted by molar-refractivity contribution is -0.259. The fourth-order valence-corrected chi connectivity index (χ4v) is 7.07. The van der Waals surface area contributed by atoms with E-state index >= 15 is 0 Å². The van der Waals surface area contributed by atoms with Crippen molar-refractivity contribution < 1.29 is 29.5 Å². The average Bonchev–Trinajstić information content (AvgIpc) is 2.71. The highest BCUT2D eigenvalue weighted by Gasteiger charge is 2.48. The molecule has 0 aromatic heterocycles. The molecule has 8 nitrogen and oxygen atoms in total. The maximum absolute atomic E-state index is 12.3. The van der Waals surface area contributed by atoms with E-state index in [1.165, 1.54) is 10.1 Å². The van der Waals surface area contributed by atoms with Gasteiger partial charge in [-0.3, -0.25) is 9.59 Å². The summed E-state index contributed by atoms with van der Waals surface area (Å²) in [5, 5.41) is 23.5. The molecule has 0 amide bonds. The molecule has 0 aliphatic carbocycles. The summed E-state index contributed by atoms with van der Waals surface area (Å²) in [7, 11) is 0. The average molecular weight is 625 g/mol. The van der Waals surface area contributed by atoms with Gasteiger partial charge in [0.15, 0.2) is 0 Å². The van der Waals surface area contributed by atoms with Crippen molar-refractivity contribution in [3.63, 3.8) is 0 Å². The first-order valence-corrected chi connectivity index (χ1v) is 14.6. The van der Waals surface area contributed by atoms with E-state index in [0.29, 0.717) is 38.5 Å². The molecule has 2 aliphatic heterocycles. The van der Waals surface area contributed by atoms with Crippen molar-refractivity contribution in [3.05, 3.63) is 0 Å². The molecule has 2 heterocycles. The van der Waals surface area contributed by atoms with Crippen LogP contribution in [0.4, 0.5) is 0 Å². The first-order valence-electron chi connectivity index (χ1n) is 13.5. The third-order valence-corrected chi connectivity index (χ3v) is 8.45. The van der Waals surface area contributed by atoms with E-state index in [0.717, 1.165) is 38.5 Å². The lowest BCUT2D eigenvalue weighted by Gasteiger charge is -2.50. The molecule has 2 atom stereocenters. The first-order chi connectivity index (χ1) is 16.5. The molecule has 2 rings (SSSR count). The summed E-state index contributed by atoms with van der Waals surface area (Å²) < 4.78 is 11.0. The Labute approximate surface area is 231 Å². The SMILES string of the molecule is CC1(C)CC(OC(=O)CCCCCCCCC(=O)OC2CC(C)(C)N(O)C(C)(I)C2)CC(C)(C)N1O. The quantitative estimate of drug-likeness (QED) is 0.0898. The molecule has 2 unspecified atom stereocenters. The number of hydrogen-bond acceptors (Lipinski definition) is 8. The summed E-state index contributed by atoms with van der Waals surface area (Å²) >= 11 is 2.22. The van der Waals surface area contributed by atoms with Crippen LogP contribution >= 0.6 is 22.6 Å². The Morgan fingerprint density at radius 1 is 0.667 bits per heavy atom. The lowest BCUT2D eigenvalue weighted by Crippen LogP contribution is -2.60. The Hall–Kier alpha value is -0.490. The minimum Gasteiger partial charge on any atom is -0.462 e. The van der Waals surface area contributed by atoms with Crippen LogP contribution in [0.15, 0.2) is 0 Å². The normalized spacial score (nSPS) is 28.6. The minimum absolute atomic E-state index is 0.154. The number of carbonyl (C=O) groups is 2. The van der Waals surface area contributed by atoms with E-state index in [1.54, 1.807) is 0 Å². The van der Waals surface area contributed by atoms with Gasteiger partial charge in [0.1, 0.15) is 12.2 Å². The number of piperidine rings is 2. The number of nitrogens with zero attached hydrogens (tertiary/aromatic N) is 2. The molecular formula is C27H49IN2O6. The summed E-state index contributed by atoms with van der Waals surface area (Å²) in [6, 6.07) is 0. The molecular weight excluding hydrogens is 575 g/mol. The molecule has 0 bridgehead atoms. The van der Waals surface area contributed by atoms with Gasteiger partial charge in [-0.2, -0.15) is 10.1 Å². The van der Waals surface area contributed by atoms with E-state index < -0.39 is 20.2 Å². The van der Waals surface area contributed by atoms with Crippen LogP contribution in [0.5, 0.6) is 0 Å². The van der Waals surface area contributed by atoms with Crippen molar-refractivity contribution in [3.8, 4) is 0 Å². The number of esters is 2. The van der Waals surface area contributed by atoms with Gasteiger partial charge in [-0.1, -0.05) is 48.3 Å². The maximum Gasteiger partial charge on any atom is 0.306 e. The van der Waals surface area contributed by atoms with Crippen LogP contribution in [0.3, 0.4) is 0 Å². The first kappa shape index (κ1) is 31.7. The Balaban J connectivity index is 1.54. The lowest BCUT2D eigenvalue weighted by atomic mass is 9.80. The molecule has 0 spiro atoms. The summed E-state index contributed by atoms with van der Waals surface area (Å²) in [5.74, 6) is -0.311. The monoisotopic (exact) mass is 624 g/mol. The van der Waals surface area contributed by atoms with Crippen molar-refractivity contribution in [2.75, 3.05) is 0 Å². The van der Waals surface area contributed by atoms with E-state index in [4.69, 9.17) is 9.47 Å². The van der Waals surface area contributed by atoms with Gasteiger partial charge in [-0.05, 0) is 61.3 Å². The predicted octanol–water partition coefficient (Wildman–Crippen LogP) is 6.39. The maximum atomic E-state index is 12.3. The molecule has 36 heavy (non-hydrogen) atoms. The van der Waals surface area contributed by atoms with Crippen LogP contribution in [0.2, 0.25) is 0 Å². The van der Waals surface area contributed by atoms with E-state index in [9.17, 15) is 20.0 Å². The van der Waals surface area contributed by atoms with Gasteiger partial charge in [-0.25, -0.2) is 0 Å². The van der Waals surface area contributed by atoms with Gasteiger partial charge in [0, 0.05) is 55.1 Å². The summed E-state index contributed by atoms with van der Waals surface area (Å²) in [4.78, 5) is 24.6. The minimum atomic E-state index is -0.457. The van der Waals surface area contributed by atoms with Gasteiger partial charge in [0.25, 0.3) is 0 Å². The van der Waals surface area contributed by atoms with Gasteiger partial charge >= 0.3 is 11.9 Å². The number of alkyl halides is 1. The van der Waals surface area contributed by atoms with Gasteiger partial charge in [0.2, 0.25) is 0 Å². The van der Waals surface area contributed by atoms with Crippen LogP contribution in [0, 0.1) is 0 Å². The van der Waals surface area contributed by atoms with E-state index in [2.05, 4.69) is 22.6 Å². The number of carbonyl (C=O) groups excluding carboxylic acids is 2. The third kappa shape index (κ3) is 9.06. The molecule has 0 aromatic carbocycles. The molecule has 9 heteroatoms. The van der Waals surface area contributed by atoms with E-state index in [-0.39, 0.29) is 24.1 Å². The van der Waals surface area contributed by atoms with Crippen LogP contribution < -0.4 is 0 Å². The molecule has 2 fully saturated rings. The molecule has 0 radical (unpaired) electrons. The van der Waals surface area contributed by atoms with Crippen molar-refractivity contribution >= 4 is 34.5 Å². The molecule has 0 saturated carbocycles. The Morgan fingerprint density at radius 3 is 1.39 bits per heavy atom. The molecule has 2 N–H and O–H groups in total. The molecule has 0 aromatic rings. The van der Waals surface area contributed by atoms with Crippen LogP contribution in [-0.4, -0.2) is 64.8 Å². The van der Waals surface area contributed by atoms with Crippen molar-refractivity contribution in [1.29, 1.82) is 0 Å². The number of hydrogen-bond donors (Lipinski definition) is 2. The highest BCUT2D eigenvalue weighted by molar-refractivity contribution is 14.1. The van der Waals surface area contributed by atoms with Crippen molar-refractivity contribution in [1.82, 2.24) is 10.1 Å². The fourth-order valence-electron chi connectivity index (χ4n) is 5.93. The zero-order valence-electron chi connectivity index (χ0n) is 23.4. The predicted molar refractivity (Wildman–Crippen MR) is 147 cm³/mol. The highest BCUT2D eigenvalue weighted by atomic mass is 127.